The van der Waals surface area contributed by atoms with Crippen LogP contribution in [0.5, 0.6) is 0 Å². The fourth-order valence-corrected chi connectivity index (χ4v) is 8.98. The molecule has 6 nitrogen and oxygen atoms in total. The average molecular weight is 1100 g/mol. The van der Waals surface area contributed by atoms with Gasteiger partial charge in [0.2, 0.25) is 0 Å². The Labute approximate surface area is 488 Å². The number of unbranched alkanes of at least 4 members (excludes halogenated alkanes) is 28. The highest BCUT2D eigenvalue weighted by atomic mass is 16.6. The van der Waals surface area contributed by atoms with Crippen LogP contribution in [0.25, 0.3) is 0 Å². The van der Waals surface area contributed by atoms with Gasteiger partial charge in [-0.15, -0.1) is 0 Å². The molecule has 0 radical (unpaired) electrons. The summed E-state index contributed by atoms with van der Waals surface area (Å²) in [6.07, 6.45) is 92.0. The molecule has 0 aliphatic rings. The first kappa shape index (κ1) is 74.8. The van der Waals surface area contributed by atoms with Crippen LogP contribution < -0.4 is 0 Å². The van der Waals surface area contributed by atoms with E-state index in [4.69, 9.17) is 14.2 Å². The molecule has 0 amide bonds. The molecule has 0 N–H and O–H groups in total. The second-order valence-electron chi connectivity index (χ2n) is 21.6. The Morgan fingerprint density at radius 2 is 0.494 bits per heavy atom. The van der Waals surface area contributed by atoms with Crippen molar-refractivity contribution in [1.82, 2.24) is 0 Å². The highest BCUT2D eigenvalue weighted by Crippen LogP contribution is 2.15. The van der Waals surface area contributed by atoms with E-state index < -0.39 is 6.10 Å². The zero-order chi connectivity index (χ0) is 57.1. The summed E-state index contributed by atoms with van der Waals surface area (Å²) in [6, 6.07) is 0. The van der Waals surface area contributed by atoms with Crippen molar-refractivity contribution in [3.8, 4) is 0 Å². The molecule has 0 spiro atoms. The fraction of sp³-hybridized carbons (Fsp3) is 0.685. The van der Waals surface area contributed by atoms with Crippen molar-refractivity contribution in [2.75, 3.05) is 13.2 Å². The Balaban J connectivity index is 4.35. The minimum Gasteiger partial charge on any atom is -0.462 e. The number of allylic oxidation sites excluding steroid dienone is 20. The molecule has 0 bridgehead atoms. The van der Waals surface area contributed by atoms with Crippen molar-refractivity contribution in [2.45, 2.75) is 309 Å². The van der Waals surface area contributed by atoms with Gasteiger partial charge in [0.25, 0.3) is 0 Å². The second-order valence-corrected chi connectivity index (χ2v) is 21.6. The first-order valence-electron chi connectivity index (χ1n) is 33.0. The summed E-state index contributed by atoms with van der Waals surface area (Å²) in [7, 11) is 0. The van der Waals surface area contributed by atoms with Crippen LogP contribution in [-0.4, -0.2) is 37.2 Å². The number of rotatable bonds is 59. The van der Waals surface area contributed by atoms with Gasteiger partial charge in [-0.1, -0.05) is 271 Å². The van der Waals surface area contributed by atoms with Gasteiger partial charge in [-0.05, 0) is 135 Å². The molecule has 0 fully saturated rings. The monoisotopic (exact) mass is 1090 g/mol. The molecule has 1 atom stereocenters. The molecule has 0 aliphatic heterocycles. The zero-order valence-electron chi connectivity index (χ0n) is 51.6. The Morgan fingerprint density at radius 3 is 0.810 bits per heavy atom. The van der Waals surface area contributed by atoms with Gasteiger partial charge in [0, 0.05) is 19.3 Å². The standard InChI is InChI=1S/C73H122O6/c1-4-7-10-13-16-19-22-25-27-29-31-32-33-34-35-36-37-38-39-40-42-43-45-48-51-54-57-60-63-66-72(75)78-69-70(68-77-71(74)65-62-59-56-53-50-47-24-21-18-15-12-9-6-3)79-73(76)67-64-61-58-55-52-49-46-44-41-30-28-26-23-20-17-14-11-8-5-2/h7,10,16-17,19-21,24-28,31-32,34-35,37-38,40,42,70H,4-6,8-9,11-15,18,22-23,29-30,33,36,39,41,43-69H2,1-3H3/b10-7-,19-16-,20-17-,24-21-,27-25-,28-26-,32-31-,35-34-,38-37-,42-40-. The molecule has 0 rings (SSSR count). The van der Waals surface area contributed by atoms with E-state index in [9.17, 15) is 14.4 Å². The summed E-state index contributed by atoms with van der Waals surface area (Å²) in [5.74, 6) is -0.906. The van der Waals surface area contributed by atoms with Crippen molar-refractivity contribution < 1.29 is 28.6 Å². The van der Waals surface area contributed by atoms with E-state index in [1.165, 1.54) is 141 Å². The summed E-state index contributed by atoms with van der Waals surface area (Å²) in [6.45, 7) is 6.48. The van der Waals surface area contributed by atoms with Gasteiger partial charge in [-0.2, -0.15) is 0 Å². The van der Waals surface area contributed by atoms with E-state index in [2.05, 4.69) is 142 Å². The topological polar surface area (TPSA) is 78.9 Å². The van der Waals surface area contributed by atoms with Gasteiger partial charge in [-0.3, -0.25) is 14.4 Å². The maximum atomic E-state index is 12.9. The predicted molar refractivity (Wildman–Crippen MR) is 343 cm³/mol. The average Bonchev–Trinajstić information content (AvgIpc) is 3.45. The number of hydrogen-bond acceptors (Lipinski definition) is 6. The smallest absolute Gasteiger partial charge is 0.306 e. The van der Waals surface area contributed by atoms with Crippen LogP contribution in [0.4, 0.5) is 0 Å². The van der Waals surface area contributed by atoms with Crippen molar-refractivity contribution in [3.63, 3.8) is 0 Å². The van der Waals surface area contributed by atoms with Crippen LogP contribution in [-0.2, 0) is 28.6 Å². The number of carbonyl (C=O) groups is 3. The van der Waals surface area contributed by atoms with Crippen molar-refractivity contribution in [3.05, 3.63) is 122 Å². The fourth-order valence-electron chi connectivity index (χ4n) is 8.98. The molecule has 6 heteroatoms. The van der Waals surface area contributed by atoms with Crippen molar-refractivity contribution in [2.24, 2.45) is 0 Å². The van der Waals surface area contributed by atoms with Gasteiger partial charge in [0.1, 0.15) is 13.2 Å². The Hall–Kier alpha value is -4.19. The van der Waals surface area contributed by atoms with Crippen LogP contribution in [0.1, 0.15) is 303 Å². The first-order valence-corrected chi connectivity index (χ1v) is 33.0. The lowest BCUT2D eigenvalue weighted by Gasteiger charge is -2.18. The van der Waals surface area contributed by atoms with E-state index in [1.54, 1.807) is 0 Å². The molecule has 79 heavy (non-hydrogen) atoms. The summed E-state index contributed by atoms with van der Waals surface area (Å²) in [4.78, 5) is 38.3. The Bertz CT molecular complexity index is 1640. The van der Waals surface area contributed by atoms with Crippen molar-refractivity contribution >= 4 is 17.9 Å². The van der Waals surface area contributed by atoms with Gasteiger partial charge < -0.3 is 14.2 Å². The molecule has 0 aliphatic carbocycles. The SMILES string of the molecule is CC/C=C\C/C=C\C/C=C\C/C=C\C/C=C\C/C=C\C/C=C\CCCCCCCCCC(=O)OCC(COC(=O)CCCCCCC/C=C\CCCCCC)OC(=O)CCCCCCCCCCC/C=C\C/C=C\CCCCC. The number of ether oxygens (including phenoxy) is 3. The van der Waals surface area contributed by atoms with Crippen molar-refractivity contribution in [1.29, 1.82) is 0 Å². The van der Waals surface area contributed by atoms with Crippen LogP contribution in [0.15, 0.2) is 122 Å². The number of carbonyl (C=O) groups excluding carboxylic acids is 3. The quantitative estimate of drug-likeness (QED) is 0.0261. The maximum Gasteiger partial charge on any atom is 0.306 e. The largest absolute Gasteiger partial charge is 0.462 e. The number of hydrogen-bond donors (Lipinski definition) is 0. The first-order chi connectivity index (χ1) is 39.0. The van der Waals surface area contributed by atoms with E-state index in [0.717, 1.165) is 122 Å². The lowest BCUT2D eigenvalue weighted by molar-refractivity contribution is -0.167. The highest BCUT2D eigenvalue weighted by molar-refractivity contribution is 5.71. The van der Waals surface area contributed by atoms with Gasteiger partial charge in [0.05, 0.1) is 0 Å². The lowest BCUT2D eigenvalue weighted by atomic mass is 10.1. The summed E-state index contributed by atoms with van der Waals surface area (Å²) in [5.41, 5.74) is 0. The minimum atomic E-state index is -0.792. The maximum absolute atomic E-state index is 12.9. The van der Waals surface area contributed by atoms with Gasteiger partial charge in [0.15, 0.2) is 6.10 Å². The molecule has 0 aromatic heterocycles. The van der Waals surface area contributed by atoms with E-state index in [-0.39, 0.29) is 31.1 Å². The highest BCUT2D eigenvalue weighted by Gasteiger charge is 2.19. The normalized spacial score (nSPS) is 12.9. The third kappa shape index (κ3) is 64.5. The minimum absolute atomic E-state index is 0.0886. The third-order valence-corrected chi connectivity index (χ3v) is 13.9. The summed E-state index contributed by atoms with van der Waals surface area (Å²) >= 11 is 0. The summed E-state index contributed by atoms with van der Waals surface area (Å²) in [5, 5.41) is 0. The number of esters is 3. The molecule has 0 saturated carbocycles. The van der Waals surface area contributed by atoms with Crippen LogP contribution in [0.3, 0.4) is 0 Å². The van der Waals surface area contributed by atoms with Crippen LogP contribution >= 0.6 is 0 Å². The zero-order valence-corrected chi connectivity index (χ0v) is 51.6. The third-order valence-electron chi connectivity index (χ3n) is 13.9. The lowest BCUT2D eigenvalue weighted by Crippen LogP contribution is -2.30. The molecule has 450 valence electrons. The molecule has 0 heterocycles. The second kappa shape index (κ2) is 66.3. The van der Waals surface area contributed by atoms with Crippen LogP contribution in [0, 0.1) is 0 Å². The molecule has 0 aromatic rings. The van der Waals surface area contributed by atoms with E-state index in [0.29, 0.717) is 19.3 Å². The predicted octanol–water partition coefficient (Wildman–Crippen LogP) is 22.8. The molecule has 0 aromatic carbocycles. The van der Waals surface area contributed by atoms with Gasteiger partial charge in [-0.25, -0.2) is 0 Å². The Morgan fingerprint density at radius 1 is 0.266 bits per heavy atom. The molecular formula is C73H122O6. The molecule has 1 unspecified atom stereocenters. The Kier molecular flexibility index (Phi) is 62.8. The molecule has 0 saturated heterocycles. The van der Waals surface area contributed by atoms with E-state index in [1.807, 2.05) is 0 Å². The van der Waals surface area contributed by atoms with E-state index >= 15 is 0 Å². The van der Waals surface area contributed by atoms with Crippen LogP contribution in [0.2, 0.25) is 0 Å². The molecular weight excluding hydrogens is 973 g/mol. The van der Waals surface area contributed by atoms with Gasteiger partial charge >= 0.3 is 17.9 Å². The summed E-state index contributed by atoms with van der Waals surface area (Å²) < 4.78 is 16.9.